The number of hydrogen-bond acceptors (Lipinski definition) is 11. The van der Waals surface area contributed by atoms with Gasteiger partial charge in [-0.05, 0) is 95.2 Å². The number of aromatic nitrogens is 3. The summed E-state index contributed by atoms with van der Waals surface area (Å²) < 4.78 is 14.3. The number of pyridine rings is 1. The van der Waals surface area contributed by atoms with Crippen molar-refractivity contribution in [2.45, 2.75) is 130 Å². The van der Waals surface area contributed by atoms with Crippen molar-refractivity contribution in [3.63, 3.8) is 0 Å². The molecule has 6 heterocycles. The van der Waals surface area contributed by atoms with E-state index in [1.807, 2.05) is 46.1 Å². The highest BCUT2D eigenvalue weighted by Gasteiger charge is 2.49. The molecule has 17 heteroatoms. The third-order valence-corrected chi connectivity index (χ3v) is 15.4. The molecule has 16 nitrogen and oxygen atoms in total. The van der Waals surface area contributed by atoms with Crippen molar-refractivity contribution in [1.29, 1.82) is 0 Å². The Morgan fingerprint density at radius 2 is 1.88 bits per heavy atom. The van der Waals surface area contributed by atoms with Crippen LogP contribution in [0.5, 0.6) is 0 Å². The molecule has 2 fully saturated rings. The van der Waals surface area contributed by atoms with E-state index in [1.165, 1.54) is 27.3 Å². The fourth-order valence-corrected chi connectivity index (χ4v) is 11.1. The lowest BCUT2D eigenvalue weighted by atomic mass is 9.84. The average Bonchev–Trinajstić information content (AvgIpc) is 4.01. The monoisotopic (exact) mass is 952 g/mol. The highest BCUT2D eigenvalue weighted by atomic mass is 32.1. The number of hydrazine groups is 1. The Kier molecular flexibility index (Phi) is 14.9. The van der Waals surface area contributed by atoms with Crippen LogP contribution in [0.3, 0.4) is 0 Å². The standard InChI is InChI=1S/C51H69N9O7S/c1-13-42(61)57(11)51(9)21-24-59(32(51)6)49(65)56(10)44(30(3)4)46(62)54-38-26-41-53-39(28-68-41)33-19-20-40-35(25-33)36(45(58(40)14-2)34-17-15-22-52-43(34)31(5)66-12)27-50(7,8)29-67-48(64)37-18-16-23-60(55-37)47(38)63/h13,15,17,19-20,22,25,28,30-32,37-38,44,55H,1,14,16,18,21,23-24,26-27,29H2,2-12H3,(H,54,62)/t31-,32-,37-,38-,44-,51-/m0/s1. The van der Waals surface area contributed by atoms with Crippen LogP contribution >= 0.6 is 11.3 Å². The number of hydrogen-bond donors (Lipinski definition) is 2. The predicted octanol–water partition coefficient (Wildman–Crippen LogP) is 6.78. The highest BCUT2D eigenvalue weighted by Crippen LogP contribution is 2.42. The number of rotatable bonds is 10. The number of urea groups is 1. The van der Waals surface area contributed by atoms with Crippen LogP contribution in [0.15, 0.2) is 54.6 Å². The normalized spacial score (nSPS) is 22.9. The zero-order valence-electron chi connectivity index (χ0n) is 41.6. The second-order valence-electron chi connectivity index (χ2n) is 19.9. The molecular formula is C51H69N9O7S. The minimum atomic E-state index is -1.10. The van der Waals surface area contributed by atoms with Gasteiger partial charge in [-0.15, -0.1) is 11.3 Å². The third-order valence-electron chi connectivity index (χ3n) is 14.5. The zero-order valence-corrected chi connectivity index (χ0v) is 42.4. The lowest BCUT2D eigenvalue weighted by molar-refractivity contribution is -0.155. The van der Waals surface area contributed by atoms with Crippen LogP contribution in [-0.2, 0) is 48.0 Å². The van der Waals surface area contributed by atoms with Gasteiger partial charge in [-0.2, -0.15) is 0 Å². The molecule has 6 bridgehead atoms. The van der Waals surface area contributed by atoms with E-state index >= 15 is 0 Å². The van der Waals surface area contributed by atoms with E-state index in [4.69, 9.17) is 19.4 Å². The Hall–Kier alpha value is -5.65. The van der Waals surface area contributed by atoms with Gasteiger partial charge in [0.25, 0.3) is 5.91 Å². The number of ether oxygens (including phenoxy) is 2. The summed E-state index contributed by atoms with van der Waals surface area (Å²) in [6.07, 6.45) is 4.97. The van der Waals surface area contributed by atoms with Crippen LogP contribution in [0.25, 0.3) is 33.4 Å². The second-order valence-corrected chi connectivity index (χ2v) is 20.9. The molecule has 1 aromatic carbocycles. The van der Waals surface area contributed by atoms with E-state index in [9.17, 15) is 24.0 Å². The zero-order chi connectivity index (χ0) is 49.4. The van der Waals surface area contributed by atoms with Crippen LogP contribution in [0.2, 0.25) is 0 Å². The summed E-state index contributed by atoms with van der Waals surface area (Å²) in [7, 11) is 5.00. The van der Waals surface area contributed by atoms with E-state index in [-0.39, 0.29) is 43.0 Å². The molecule has 0 radical (unpaired) electrons. The molecule has 4 aromatic rings. The first-order valence-corrected chi connectivity index (χ1v) is 24.7. The van der Waals surface area contributed by atoms with Crippen molar-refractivity contribution in [2.24, 2.45) is 11.3 Å². The maximum Gasteiger partial charge on any atom is 0.324 e. The molecule has 366 valence electrons. The van der Waals surface area contributed by atoms with Crippen molar-refractivity contribution >= 4 is 52.0 Å². The molecule has 0 unspecified atom stereocenters. The lowest BCUT2D eigenvalue weighted by Crippen LogP contribution is -2.63. The topological polar surface area (TPSA) is 172 Å². The highest BCUT2D eigenvalue weighted by molar-refractivity contribution is 7.10. The van der Waals surface area contributed by atoms with Crippen LogP contribution in [0.1, 0.15) is 97.0 Å². The van der Waals surface area contributed by atoms with Crippen molar-refractivity contribution in [3.05, 3.63) is 70.8 Å². The molecular weight excluding hydrogens is 883 g/mol. The molecule has 3 aliphatic rings. The number of nitrogens with zero attached hydrogens (tertiary/aromatic N) is 7. The summed E-state index contributed by atoms with van der Waals surface area (Å²) in [4.78, 5) is 84.9. The summed E-state index contributed by atoms with van der Waals surface area (Å²) in [5.74, 6) is -1.97. The fraction of sp³-hybridized carbons (Fsp3) is 0.549. The first-order chi connectivity index (χ1) is 32.2. The molecule has 3 aromatic heterocycles. The molecule has 2 saturated heterocycles. The van der Waals surface area contributed by atoms with Gasteiger partial charge in [0.1, 0.15) is 18.1 Å². The Labute approximate surface area is 404 Å². The minimum absolute atomic E-state index is 0.0652. The summed E-state index contributed by atoms with van der Waals surface area (Å²) in [5.41, 5.74) is 8.59. The summed E-state index contributed by atoms with van der Waals surface area (Å²) in [6, 6.07) is 6.84. The van der Waals surface area contributed by atoms with Crippen molar-refractivity contribution in [3.8, 4) is 22.5 Å². The van der Waals surface area contributed by atoms with Crippen LogP contribution in [0, 0.1) is 11.3 Å². The van der Waals surface area contributed by atoms with Crippen LogP contribution in [-0.4, -0.2) is 135 Å². The number of fused-ring (bicyclic) bond motifs is 6. The largest absolute Gasteiger partial charge is 0.464 e. The van der Waals surface area contributed by atoms with Gasteiger partial charge in [0.2, 0.25) is 11.8 Å². The van der Waals surface area contributed by atoms with Crippen LogP contribution in [0.4, 0.5) is 4.79 Å². The maximum absolute atomic E-state index is 14.7. The van der Waals surface area contributed by atoms with Crippen molar-refractivity contribution < 1.29 is 33.4 Å². The first-order valence-electron chi connectivity index (χ1n) is 23.8. The number of esters is 1. The van der Waals surface area contributed by atoms with Gasteiger partial charge >= 0.3 is 12.0 Å². The molecule has 0 saturated carbocycles. The number of carbonyl (C=O) groups is 5. The molecule has 5 amide bonds. The number of carbonyl (C=O) groups excluding carboxylic acids is 5. The molecule has 2 N–H and O–H groups in total. The minimum Gasteiger partial charge on any atom is -0.464 e. The van der Waals surface area contributed by atoms with E-state index in [0.717, 1.165) is 44.7 Å². The van der Waals surface area contributed by atoms with Crippen molar-refractivity contribution in [1.82, 2.24) is 45.0 Å². The van der Waals surface area contributed by atoms with Gasteiger partial charge in [0.15, 0.2) is 0 Å². The summed E-state index contributed by atoms with van der Waals surface area (Å²) in [6.45, 7) is 21.0. The Morgan fingerprint density at radius 3 is 2.57 bits per heavy atom. The van der Waals surface area contributed by atoms with E-state index in [0.29, 0.717) is 50.3 Å². The summed E-state index contributed by atoms with van der Waals surface area (Å²) >= 11 is 1.40. The van der Waals surface area contributed by atoms with E-state index < -0.39 is 46.9 Å². The van der Waals surface area contributed by atoms with Crippen molar-refractivity contribution in [2.75, 3.05) is 40.9 Å². The van der Waals surface area contributed by atoms with Gasteiger partial charge in [0.05, 0.1) is 46.4 Å². The first kappa shape index (κ1) is 50.2. The second kappa shape index (κ2) is 20.1. The lowest BCUT2D eigenvalue weighted by Gasteiger charge is -2.41. The molecule has 0 spiro atoms. The average molecular weight is 952 g/mol. The Bertz CT molecular complexity index is 2570. The van der Waals surface area contributed by atoms with Gasteiger partial charge < -0.3 is 34.1 Å². The number of cyclic esters (lactones) is 1. The Morgan fingerprint density at radius 1 is 1.13 bits per heavy atom. The number of thiazole rings is 1. The van der Waals surface area contributed by atoms with Gasteiger partial charge in [-0.1, -0.05) is 40.3 Å². The molecule has 7 rings (SSSR count). The number of aryl methyl sites for hydroxylation is 1. The number of likely N-dealkylation sites (tertiary alicyclic amines) is 1. The Balaban J connectivity index is 1.26. The maximum atomic E-state index is 14.7. The molecule has 6 atom stereocenters. The number of methoxy groups -OCH3 is 1. The summed E-state index contributed by atoms with van der Waals surface area (Å²) in [5, 5.41) is 8.11. The van der Waals surface area contributed by atoms with Gasteiger partial charge in [-0.25, -0.2) is 15.2 Å². The number of amides is 5. The quantitative estimate of drug-likeness (QED) is 0.128. The predicted molar refractivity (Wildman–Crippen MR) is 263 cm³/mol. The van der Waals surface area contributed by atoms with Gasteiger partial charge in [-0.3, -0.25) is 29.2 Å². The van der Waals surface area contributed by atoms with E-state index in [2.05, 4.69) is 66.9 Å². The van der Waals surface area contributed by atoms with Crippen LogP contribution < -0.4 is 10.7 Å². The number of likely N-dealkylation sites (N-methyl/N-ethyl adjacent to an activating group) is 2. The molecule has 68 heavy (non-hydrogen) atoms. The third kappa shape index (κ3) is 9.66. The molecule has 3 aliphatic heterocycles. The van der Waals surface area contributed by atoms with E-state index in [1.54, 1.807) is 37.2 Å². The SMILES string of the molecule is C=CC(=O)N(C)[C@@]1(C)CCN(C(=O)N(C)[C@H](C(=O)N[C@H]2Cc3nc(cs3)-c3ccc4c(c3)c(c(-c3cccnc3[C@H](C)OC)n4CC)CC(C)(C)COC(=O)[C@@H]3CCCN(N3)C2=O)C(C)C)[C@H]1C. The number of benzene rings is 1. The van der Waals surface area contributed by atoms with Gasteiger partial charge in [0, 0.05) is 86.3 Å². The molecule has 0 aliphatic carbocycles. The number of nitrogens with one attached hydrogen (secondary N) is 2. The smallest absolute Gasteiger partial charge is 0.324 e. The fourth-order valence-electron chi connectivity index (χ4n) is 10.3.